The zero-order valence-electron chi connectivity index (χ0n) is 11.9. The molecule has 0 aliphatic carbocycles. The predicted octanol–water partition coefficient (Wildman–Crippen LogP) is 1.70. The second-order valence-electron chi connectivity index (χ2n) is 4.26. The van der Waals surface area contributed by atoms with Gasteiger partial charge in [-0.2, -0.15) is 9.97 Å². The number of ether oxygens (including phenoxy) is 2. The molecule has 3 N–H and O–H groups in total. The van der Waals surface area contributed by atoms with Crippen LogP contribution >= 0.6 is 0 Å². The molecule has 0 fully saturated rings. The Morgan fingerprint density at radius 2 is 1.81 bits per heavy atom. The first-order valence-corrected chi connectivity index (χ1v) is 6.34. The number of aromatic nitrogens is 2. The number of hydrogen-bond acceptors (Lipinski definition) is 6. The summed E-state index contributed by atoms with van der Waals surface area (Å²) in [7, 11) is 2.99. The van der Waals surface area contributed by atoms with E-state index in [1.165, 1.54) is 20.3 Å². The van der Waals surface area contributed by atoms with Gasteiger partial charge in [0.25, 0.3) is 0 Å². The maximum Gasteiger partial charge on any atom is 0.229 e. The van der Waals surface area contributed by atoms with Gasteiger partial charge in [-0.1, -0.05) is 12.1 Å². The van der Waals surface area contributed by atoms with Crippen molar-refractivity contribution in [2.45, 2.75) is 13.1 Å². The fourth-order valence-electron chi connectivity index (χ4n) is 1.73. The summed E-state index contributed by atoms with van der Waals surface area (Å²) in [5.74, 6) is 0.709. The van der Waals surface area contributed by atoms with Crippen LogP contribution in [0, 0.1) is 5.82 Å². The molecule has 0 aliphatic heterocycles. The molecule has 1 aromatic carbocycles. The van der Waals surface area contributed by atoms with E-state index in [1.807, 2.05) is 0 Å². The van der Waals surface area contributed by atoms with Crippen LogP contribution in [-0.2, 0) is 13.1 Å². The summed E-state index contributed by atoms with van der Waals surface area (Å²) < 4.78 is 23.9. The van der Waals surface area contributed by atoms with Crippen LogP contribution in [0.15, 0.2) is 24.3 Å². The largest absolute Gasteiger partial charge is 0.481 e. The van der Waals surface area contributed by atoms with Crippen molar-refractivity contribution in [2.75, 3.05) is 19.5 Å². The highest BCUT2D eigenvalue weighted by Crippen LogP contribution is 2.18. The number of hydrogen-bond donors (Lipinski definition) is 2. The standard InChI is InChI=1S/C14H17FN4O2/c1-20-12-6-13(21-2)19-14(18-12)17-8-10-4-3-9(7-16)5-11(10)15/h3-6H,7-8,16H2,1-2H3,(H,17,18,19). The molecule has 2 aromatic rings. The number of nitrogens with one attached hydrogen (secondary N) is 1. The molecule has 0 amide bonds. The molecule has 0 radical (unpaired) electrons. The van der Waals surface area contributed by atoms with Crippen molar-refractivity contribution in [1.82, 2.24) is 9.97 Å². The summed E-state index contributed by atoms with van der Waals surface area (Å²) in [4.78, 5) is 8.22. The zero-order valence-corrected chi connectivity index (χ0v) is 11.9. The van der Waals surface area contributed by atoms with Gasteiger partial charge in [0.1, 0.15) is 5.82 Å². The molecule has 0 saturated heterocycles. The SMILES string of the molecule is COc1cc(OC)nc(NCc2ccc(CN)cc2F)n1. The van der Waals surface area contributed by atoms with E-state index >= 15 is 0 Å². The van der Waals surface area contributed by atoms with Crippen molar-refractivity contribution in [3.8, 4) is 11.8 Å². The topological polar surface area (TPSA) is 82.3 Å². The quantitative estimate of drug-likeness (QED) is 0.843. The van der Waals surface area contributed by atoms with E-state index in [0.717, 1.165) is 5.56 Å². The Labute approximate surface area is 122 Å². The number of nitrogens with zero attached hydrogens (tertiary/aromatic N) is 2. The molecule has 0 aliphatic rings. The van der Waals surface area contributed by atoms with Gasteiger partial charge < -0.3 is 20.5 Å². The number of anilines is 1. The van der Waals surface area contributed by atoms with Gasteiger partial charge in [-0.15, -0.1) is 0 Å². The minimum Gasteiger partial charge on any atom is -0.481 e. The molecule has 6 nitrogen and oxygen atoms in total. The molecule has 2 rings (SSSR count). The number of rotatable bonds is 6. The summed E-state index contributed by atoms with van der Waals surface area (Å²) in [6.07, 6.45) is 0. The Balaban J connectivity index is 2.12. The van der Waals surface area contributed by atoms with Gasteiger partial charge in [0.15, 0.2) is 0 Å². The second-order valence-corrected chi connectivity index (χ2v) is 4.26. The summed E-state index contributed by atoms with van der Waals surface area (Å²) in [6.45, 7) is 0.549. The van der Waals surface area contributed by atoms with Crippen LogP contribution in [0.1, 0.15) is 11.1 Å². The van der Waals surface area contributed by atoms with E-state index in [9.17, 15) is 4.39 Å². The number of halogens is 1. The van der Waals surface area contributed by atoms with Crippen LogP contribution in [0.3, 0.4) is 0 Å². The van der Waals surface area contributed by atoms with E-state index < -0.39 is 0 Å². The van der Waals surface area contributed by atoms with Gasteiger partial charge in [0, 0.05) is 18.7 Å². The van der Waals surface area contributed by atoms with Gasteiger partial charge in [0.05, 0.1) is 20.3 Å². The van der Waals surface area contributed by atoms with Crippen LogP contribution in [0.5, 0.6) is 11.8 Å². The van der Waals surface area contributed by atoms with E-state index in [-0.39, 0.29) is 12.4 Å². The summed E-state index contributed by atoms with van der Waals surface area (Å²) in [5.41, 5.74) is 6.71. The van der Waals surface area contributed by atoms with Crippen molar-refractivity contribution in [3.63, 3.8) is 0 Å². The van der Waals surface area contributed by atoms with Crippen LogP contribution in [0.2, 0.25) is 0 Å². The maximum atomic E-state index is 13.8. The molecule has 1 aromatic heterocycles. The van der Waals surface area contributed by atoms with E-state index in [1.54, 1.807) is 18.2 Å². The minimum absolute atomic E-state index is 0.243. The third-order valence-electron chi connectivity index (χ3n) is 2.89. The van der Waals surface area contributed by atoms with Gasteiger partial charge in [0.2, 0.25) is 17.7 Å². The number of nitrogens with two attached hydrogens (primary N) is 1. The van der Waals surface area contributed by atoms with E-state index in [2.05, 4.69) is 15.3 Å². The Bertz CT molecular complexity index is 600. The van der Waals surface area contributed by atoms with Crippen molar-refractivity contribution in [1.29, 1.82) is 0 Å². The molecular weight excluding hydrogens is 275 g/mol. The Hall–Kier alpha value is -2.41. The molecule has 0 atom stereocenters. The molecule has 1 heterocycles. The first-order chi connectivity index (χ1) is 10.2. The normalized spacial score (nSPS) is 10.3. The van der Waals surface area contributed by atoms with Gasteiger partial charge in [-0.05, 0) is 11.6 Å². The predicted molar refractivity (Wildman–Crippen MR) is 76.8 cm³/mol. The third kappa shape index (κ3) is 3.79. The van der Waals surface area contributed by atoms with Gasteiger partial charge >= 0.3 is 0 Å². The average Bonchev–Trinajstić information content (AvgIpc) is 2.53. The molecular formula is C14H17FN4O2. The van der Waals surface area contributed by atoms with Crippen LogP contribution in [0.25, 0.3) is 0 Å². The smallest absolute Gasteiger partial charge is 0.229 e. The second kappa shape index (κ2) is 6.85. The lowest BCUT2D eigenvalue weighted by Crippen LogP contribution is -2.07. The van der Waals surface area contributed by atoms with Gasteiger partial charge in [-0.3, -0.25) is 0 Å². The van der Waals surface area contributed by atoms with Crippen molar-refractivity contribution in [2.24, 2.45) is 5.73 Å². The Morgan fingerprint density at radius 1 is 1.14 bits per heavy atom. The average molecular weight is 292 g/mol. The first-order valence-electron chi connectivity index (χ1n) is 6.34. The first kappa shape index (κ1) is 15.0. The molecule has 112 valence electrons. The van der Waals surface area contributed by atoms with E-state index in [0.29, 0.717) is 29.8 Å². The van der Waals surface area contributed by atoms with Crippen LogP contribution < -0.4 is 20.5 Å². The van der Waals surface area contributed by atoms with Crippen molar-refractivity contribution >= 4 is 5.95 Å². The van der Waals surface area contributed by atoms with Crippen LogP contribution in [0.4, 0.5) is 10.3 Å². The molecule has 21 heavy (non-hydrogen) atoms. The molecule has 0 bridgehead atoms. The fourth-order valence-corrected chi connectivity index (χ4v) is 1.73. The highest BCUT2D eigenvalue weighted by Gasteiger charge is 2.07. The van der Waals surface area contributed by atoms with Gasteiger partial charge in [-0.25, -0.2) is 4.39 Å². The zero-order chi connectivity index (χ0) is 15.2. The summed E-state index contributed by atoms with van der Waals surface area (Å²) in [6, 6.07) is 6.45. The molecule has 0 saturated carbocycles. The molecule has 0 spiro atoms. The highest BCUT2D eigenvalue weighted by molar-refractivity contribution is 5.35. The Kier molecular flexibility index (Phi) is 4.89. The van der Waals surface area contributed by atoms with Crippen molar-refractivity contribution in [3.05, 3.63) is 41.2 Å². The molecule has 0 unspecified atom stereocenters. The van der Waals surface area contributed by atoms with Crippen LogP contribution in [-0.4, -0.2) is 24.2 Å². The summed E-state index contributed by atoms with van der Waals surface area (Å²) >= 11 is 0. The Morgan fingerprint density at radius 3 is 2.33 bits per heavy atom. The lowest BCUT2D eigenvalue weighted by atomic mass is 10.1. The monoisotopic (exact) mass is 292 g/mol. The maximum absolute atomic E-state index is 13.8. The number of methoxy groups -OCH3 is 2. The summed E-state index contributed by atoms with van der Waals surface area (Å²) in [5, 5.41) is 2.94. The highest BCUT2D eigenvalue weighted by atomic mass is 19.1. The third-order valence-corrected chi connectivity index (χ3v) is 2.89. The lowest BCUT2D eigenvalue weighted by molar-refractivity contribution is 0.373. The van der Waals surface area contributed by atoms with Crippen molar-refractivity contribution < 1.29 is 13.9 Å². The lowest BCUT2D eigenvalue weighted by Gasteiger charge is -2.09. The minimum atomic E-state index is -0.319. The number of benzene rings is 1. The fraction of sp³-hybridized carbons (Fsp3) is 0.286. The van der Waals surface area contributed by atoms with E-state index in [4.69, 9.17) is 15.2 Å². The molecule has 7 heteroatoms.